The van der Waals surface area contributed by atoms with E-state index in [1.807, 2.05) is 0 Å². The molecular weight excluding hydrogens is 191 g/mol. The summed E-state index contributed by atoms with van der Waals surface area (Å²) in [7, 11) is -4.63. The van der Waals surface area contributed by atoms with Gasteiger partial charge in [-0.3, -0.25) is 5.41 Å². The van der Waals surface area contributed by atoms with Crippen molar-refractivity contribution in [3.63, 3.8) is 0 Å². The van der Waals surface area contributed by atoms with Crippen LogP contribution in [0.2, 0.25) is 0 Å². The van der Waals surface area contributed by atoms with E-state index in [4.69, 9.17) is 15.2 Å². The van der Waals surface area contributed by atoms with Gasteiger partial charge >= 0.3 is 13.9 Å². The van der Waals surface area contributed by atoms with Crippen LogP contribution in [0.4, 0.5) is 4.79 Å². The van der Waals surface area contributed by atoms with E-state index in [1.54, 1.807) is 0 Å². The Morgan fingerprint density at radius 2 is 2.00 bits per heavy atom. The van der Waals surface area contributed by atoms with E-state index >= 15 is 0 Å². The molecule has 0 aliphatic rings. The number of amides is 2. The number of hydrogen-bond donors (Lipinski definition) is 6. The number of urea groups is 1. The number of nitrogens with two attached hydrogens (primary N) is 2. The molecule has 9 nitrogen and oxygen atoms in total. The Bertz CT molecular complexity index is 188. The summed E-state index contributed by atoms with van der Waals surface area (Å²) in [5, 5.41) is 5.86. The maximum absolute atomic E-state index is 9.74. The lowest BCUT2D eigenvalue weighted by Gasteiger charge is -2.01. The molecule has 0 aliphatic carbocycles. The summed E-state index contributed by atoms with van der Waals surface area (Å²) in [5.74, 6) is 0. The zero-order chi connectivity index (χ0) is 10.2. The summed E-state index contributed by atoms with van der Waals surface area (Å²) in [5.41, 5.74) is 10.0. The fraction of sp³-hybridized carbons (Fsp3) is 0. The van der Waals surface area contributed by atoms with Crippen molar-refractivity contribution in [2.75, 3.05) is 0 Å². The van der Waals surface area contributed by atoms with Gasteiger partial charge in [-0.25, -0.2) is 14.8 Å². The minimum atomic E-state index is -4.63. The van der Waals surface area contributed by atoms with E-state index < -0.39 is 13.9 Å². The Kier molecular flexibility index (Phi) is 7.34. The second kappa shape index (κ2) is 6.55. The highest BCUT2D eigenvalue weighted by Gasteiger charge is 2.14. The standard InChI is InChI=1S/CH5N2O5P.CH4N2/c2-1(4)3-8-9(5,6)7;2-1-3/h(H3,2,3,4)(H2,5,6,7);1H,(H3,2,3). The average molecular weight is 200 g/mol. The topological polar surface area (TPSA) is 172 Å². The van der Waals surface area contributed by atoms with Gasteiger partial charge in [-0.05, 0) is 0 Å². The van der Waals surface area contributed by atoms with Crippen molar-refractivity contribution < 1.29 is 23.8 Å². The van der Waals surface area contributed by atoms with Crippen LogP contribution in [-0.2, 0) is 9.19 Å². The summed E-state index contributed by atoms with van der Waals surface area (Å²) in [6.07, 6.45) is 0.750. The molecule has 0 aromatic rings. The Balaban J connectivity index is 0. The molecule has 0 atom stereocenters. The van der Waals surface area contributed by atoms with Gasteiger partial charge in [0.05, 0.1) is 6.34 Å². The first-order valence-corrected chi connectivity index (χ1v) is 3.86. The first kappa shape index (κ1) is 13.4. The minimum Gasteiger partial charge on any atom is -0.390 e. The Hall–Kier alpha value is -1.15. The van der Waals surface area contributed by atoms with Gasteiger partial charge in [0.1, 0.15) is 0 Å². The maximum Gasteiger partial charge on any atom is 0.491 e. The lowest BCUT2D eigenvalue weighted by molar-refractivity contribution is 0.135. The molecule has 0 unspecified atom stereocenters. The quantitative estimate of drug-likeness (QED) is 0.133. The van der Waals surface area contributed by atoms with E-state index in [2.05, 4.69) is 16.1 Å². The Morgan fingerprint density at radius 3 is 2.08 bits per heavy atom. The van der Waals surface area contributed by atoms with Crippen LogP contribution < -0.4 is 16.9 Å². The van der Waals surface area contributed by atoms with Crippen LogP contribution in [0.3, 0.4) is 0 Å². The van der Waals surface area contributed by atoms with E-state index in [0.29, 0.717) is 0 Å². The van der Waals surface area contributed by atoms with Gasteiger partial charge in [0.15, 0.2) is 0 Å². The number of primary amides is 1. The van der Waals surface area contributed by atoms with Crippen LogP contribution in [0.15, 0.2) is 0 Å². The molecule has 0 aromatic carbocycles. The average Bonchev–Trinajstić information content (AvgIpc) is 1.84. The number of nitrogens with one attached hydrogen (secondary N) is 2. The van der Waals surface area contributed by atoms with Crippen molar-refractivity contribution in [3.8, 4) is 0 Å². The Labute approximate surface area is 67.4 Å². The number of hydroxylamine groups is 1. The summed E-state index contributed by atoms with van der Waals surface area (Å²) in [6, 6.07) is -1.17. The van der Waals surface area contributed by atoms with Crippen LogP contribution >= 0.6 is 7.82 Å². The second-order valence-corrected chi connectivity index (χ2v) is 2.38. The number of hydrogen-bond acceptors (Lipinski definition) is 4. The number of rotatable bonds is 2. The molecule has 0 saturated heterocycles. The van der Waals surface area contributed by atoms with Gasteiger partial charge < -0.3 is 21.3 Å². The minimum absolute atomic E-state index is 0.750. The summed E-state index contributed by atoms with van der Waals surface area (Å²) < 4.78 is 13.2. The lowest BCUT2D eigenvalue weighted by atomic mass is 11.2. The van der Waals surface area contributed by atoms with E-state index in [1.165, 1.54) is 5.48 Å². The summed E-state index contributed by atoms with van der Waals surface area (Å²) in [6.45, 7) is 0. The zero-order valence-electron chi connectivity index (χ0n) is 5.80. The lowest BCUT2D eigenvalue weighted by Crippen LogP contribution is -2.28. The van der Waals surface area contributed by atoms with Gasteiger partial charge in [-0.15, -0.1) is 0 Å². The zero-order valence-corrected chi connectivity index (χ0v) is 6.69. The predicted molar refractivity (Wildman–Crippen MR) is 38.8 cm³/mol. The molecule has 0 saturated carbocycles. The molecule has 12 heavy (non-hydrogen) atoms. The number of carbonyl (C=O) groups is 1. The van der Waals surface area contributed by atoms with Crippen LogP contribution in [0.1, 0.15) is 0 Å². The van der Waals surface area contributed by atoms with Gasteiger partial charge in [0, 0.05) is 0 Å². The van der Waals surface area contributed by atoms with Gasteiger partial charge in [-0.2, -0.15) is 4.62 Å². The summed E-state index contributed by atoms with van der Waals surface area (Å²) >= 11 is 0. The first-order valence-electron chi connectivity index (χ1n) is 2.33. The molecule has 0 radical (unpaired) electrons. The predicted octanol–water partition coefficient (Wildman–Crippen LogP) is -1.77. The maximum atomic E-state index is 9.74. The smallest absolute Gasteiger partial charge is 0.390 e. The van der Waals surface area contributed by atoms with Crippen molar-refractivity contribution in [3.05, 3.63) is 0 Å². The fourth-order valence-electron chi connectivity index (χ4n) is 0.104. The molecule has 0 aliphatic heterocycles. The van der Waals surface area contributed by atoms with Crippen molar-refractivity contribution >= 4 is 20.2 Å². The van der Waals surface area contributed by atoms with Crippen LogP contribution in [0, 0.1) is 5.41 Å². The van der Waals surface area contributed by atoms with Crippen molar-refractivity contribution in [2.45, 2.75) is 0 Å². The summed E-state index contributed by atoms with van der Waals surface area (Å²) in [4.78, 5) is 25.5. The highest BCUT2D eigenvalue weighted by Crippen LogP contribution is 2.33. The largest absolute Gasteiger partial charge is 0.491 e. The molecule has 0 spiro atoms. The highest BCUT2D eigenvalue weighted by atomic mass is 31.2. The molecule has 0 bridgehead atoms. The second-order valence-electron chi connectivity index (χ2n) is 1.21. The van der Waals surface area contributed by atoms with Crippen LogP contribution in [-0.4, -0.2) is 22.2 Å². The molecule has 0 aromatic heterocycles. The van der Waals surface area contributed by atoms with Gasteiger partial charge in [0.25, 0.3) is 0 Å². The number of phosphoric acid groups is 1. The highest BCUT2D eigenvalue weighted by molar-refractivity contribution is 7.46. The third-order valence-electron chi connectivity index (χ3n) is 0.265. The van der Waals surface area contributed by atoms with Crippen LogP contribution in [0.5, 0.6) is 0 Å². The van der Waals surface area contributed by atoms with E-state index in [0.717, 1.165) is 6.34 Å². The molecule has 8 N–H and O–H groups in total. The third kappa shape index (κ3) is 23.2. The van der Waals surface area contributed by atoms with Crippen molar-refractivity contribution in [2.24, 2.45) is 11.5 Å². The molecule has 0 fully saturated rings. The van der Waals surface area contributed by atoms with Crippen LogP contribution in [0.25, 0.3) is 0 Å². The first-order chi connectivity index (χ1) is 5.33. The Morgan fingerprint density at radius 1 is 1.67 bits per heavy atom. The van der Waals surface area contributed by atoms with E-state index in [-0.39, 0.29) is 0 Å². The third-order valence-corrected chi connectivity index (χ3v) is 0.594. The van der Waals surface area contributed by atoms with Gasteiger partial charge in [0.2, 0.25) is 0 Å². The number of carbonyl (C=O) groups excluding carboxylic acids is 1. The monoisotopic (exact) mass is 200 g/mol. The molecule has 72 valence electrons. The molecule has 2 amide bonds. The molecule has 0 heterocycles. The van der Waals surface area contributed by atoms with Crippen molar-refractivity contribution in [1.82, 2.24) is 5.48 Å². The SMILES string of the molecule is N=CN.NC(=O)NOP(=O)(O)O. The molecule has 0 rings (SSSR count). The van der Waals surface area contributed by atoms with Gasteiger partial charge in [-0.1, -0.05) is 0 Å². The fourth-order valence-corrected chi connectivity index (χ4v) is 0.313. The normalized spacial score (nSPS) is 9.17. The van der Waals surface area contributed by atoms with E-state index in [9.17, 15) is 9.36 Å². The van der Waals surface area contributed by atoms with Crippen molar-refractivity contribution in [1.29, 1.82) is 5.41 Å². The molecular formula is C2H9N4O5P. The molecule has 10 heteroatoms.